The van der Waals surface area contributed by atoms with Crippen molar-refractivity contribution >= 4 is 28.4 Å². The van der Waals surface area contributed by atoms with Gasteiger partial charge in [0.15, 0.2) is 5.84 Å². The van der Waals surface area contributed by atoms with E-state index in [1.165, 1.54) is 0 Å². The van der Waals surface area contributed by atoms with Crippen LogP contribution in [0.1, 0.15) is 41.4 Å². The number of hydrogen-bond acceptors (Lipinski definition) is 8. The third-order valence-electron chi connectivity index (χ3n) is 5.46. The Bertz CT molecular complexity index is 1010. The van der Waals surface area contributed by atoms with E-state index >= 15 is 0 Å². The third kappa shape index (κ3) is 4.76. The van der Waals surface area contributed by atoms with Crippen LogP contribution < -0.4 is 15.2 Å². The van der Waals surface area contributed by atoms with Crippen LogP contribution in [-0.2, 0) is 6.42 Å². The van der Waals surface area contributed by atoms with Gasteiger partial charge in [0, 0.05) is 36.5 Å². The number of anilines is 1. The Balaban J connectivity index is 1.43. The van der Waals surface area contributed by atoms with Crippen molar-refractivity contribution in [3.63, 3.8) is 0 Å². The molecule has 1 aromatic heterocycles. The number of carbonyl (C=O) groups is 1. The van der Waals surface area contributed by atoms with Crippen molar-refractivity contribution in [2.45, 2.75) is 26.2 Å². The molecule has 0 aliphatic carbocycles. The second-order valence-electron chi connectivity index (χ2n) is 7.74. The number of rotatable bonds is 5. The molecule has 31 heavy (non-hydrogen) atoms. The van der Waals surface area contributed by atoms with Crippen LogP contribution in [0.3, 0.4) is 0 Å². The predicted octanol–water partition coefficient (Wildman–Crippen LogP) is 3.29. The molecule has 1 aromatic carbocycles. The number of piperidine rings is 1. The SMILES string of the molecule is CCc1cc(C(=O)N2CCC[C@H](COc3cccc4c3C(N)=NS(O)(O)N4)C2)ccn1. The summed E-state index contributed by atoms with van der Waals surface area (Å²) in [6.45, 7) is 3.77. The third-order valence-corrected chi connectivity index (χ3v) is 6.41. The van der Waals surface area contributed by atoms with Crippen molar-refractivity contribution < 1.29 is 18.6 Å². The predicted molar refractivity (Wildman–Crippen MR) is 121 cm³/mol. The Kier molecular flexibility index (Phi) is 6.03. The largest absolute Gasteiger partial charge is 0.492 e. The van der Waals surface area contributed by atoms with Gasteiger partial charge in [-0.1, -0.05) is 13.0 Å². The van der Waals surface area contributed by atoms with E-state index in [0.29, 0.717) is 35.7 Å². The number of hydrogen-bond donors (Lipinski definition) is 4. The topological polar surface area (TPSA) is 133 Å². The van der Waals surface area contributed by atoms with Crippen molar-refractivity contribution in [2.75, 3.05) is 24.4 Å². The molecule has 5 N–H and O–H groups in total. The molecule has 9 nitrogen and oxygen atoms in total. The summed E-state index contributed by atoms with van der Waals surface area (Å²) in [5.41, 5.74) is 8.51. The number of carbonyl (C=O) groups excluding carboxylic acids is 1. The van der Waals surface area contributed by atoms with E-state index in [0.717, 1.165) is 31.5 Å². The summed E-state index contributed by atoms with van der Waals surface area (Å²) in [5.74, 6) is 0.737. The Labute approximate surface area is 183 Å². The Morgan fingerprint density at radius 1 is 1.39 bits per heavy atom. The molecule has 166 valence electrons. The zero-order valence-corrected chi connectivity index (χ0v) is 18.1. The lowest BCUT2D eigenvalue weighted by Gasteiger charge is -2.34. The average Bonchev–Trinajstić information content (AvgIpc) is 2.76. The van der Waals surface area contributed by atoms with E-state index in [1.807, 2.05) is 17.9 Å². The van der Waals surface area contributed by atoms with Gasteiger partial charge in [-0.2, -0.15) is 0 Å². The minimum Gasteiger partial charge on any atom is -0.492 e. The maximum Gasteiger partial charge on any atom is 0.253 e. The number of aromatic nitrogens is 1. The first kappa shape index (κ1) is 21.4. The van der Waals surface area contributed by atoms with Crippen LogP contribution in [0.15, 0.2) is 40.9 Å². The summed E-state index contributed by atoms with van der Waals surface area (Å²) in [7, 11) is -3.34. The van der Waals surface area contributed by atoms with Crippen LogP contribution in [-0.4, -0.2) is 50.4 Å². The highest BCUT2D eigenvalue weighted by molar-refractivity contribution is 8.24. The summed E-state index contributed by atoms with van der Waals surface area (Å²) >= 11 is 0. The monoisotopic (exact) mass is 445 g/mol. The molecule has 1 fully saturated rings. The van der Waals surface area contributed by atoms with Gasteiger partial charge in [-0.3, -0.25) is 23.6 Å². The molecular weight excluding hydrogens is 418 g/mol. The molecular formula is C21H27N5O4S. The second kappa shape index (κ2) is 8.74. The molecule has 4 rings (SSSR count). The van der Waals surface area contributed by atoms with Crippen molar-refractivity contribution in [2.24, 2.45) is 16.0 Å². The number of fused-ring (bicyclic) bond motifs is 1. The van der Waals surface area contributed by atoms with E-state index < -0.39 is 11.0 Å². The molecule has 2 aliphatic heterocycles. The van der Waals surface area contributed by atoms with Gasteiger partial charge < -0.3 is 15.4 Å². The first-order valence-electron chi connectivity index (χ1n) is 10.3. The smallest absolute Gasteiger partial charge is 0.253 e. The molecule has 0 radical (unpaired) electrons. The Hall–Kier alpha value is -2.82. The Morgan fingerprint density at radius 2 is 2.23 bits per heavy atom. The van der Waals surface area contributed by atoms with Crippen molar-refractivity contribution in [1.82, 2.24) is 9.88 Å². The minimum absolute atomic E-state index is 0.0182. The fourth-order valence-electron chi connectivity index (χ4n) is 3.93. The number of pyridine rings is 1. The van der Waals surface area contributed by atoms with E-state index in [-0.39, 0.29) is 17.7 Å². The van der Waals surface area contributed by atoms with Gasteiger partial charge in [-0.25, -0.2) is 0 Å². The van der Waals surface area contributed by atoms with Crippen molar-refractivity contribution in [3.8, 4) is 5.75 Å². The van der Waals surface area contributed by atoms with Gasteiger partial charge in [0.25, 0.3) is 5.91 Å². The zero-order valence-electron chi connectivity index (χ0n) is 17.3. The van der Waals surface area contributed by atoms with Gasteiger partial charge in [-0.15, -0.1) is 4.40 Å². The van der Waals surface area contributed by atoms with Gasteiger partial charge in [0.05, 0.1) is 17.9 Å². The molecule has 1 amide bonds. The van der Waals surface area contributed by atoms with Crippen LogP contribution in [0, 0.1) is 5.92 Å². The van der Waals surface area contributed by atoms with Crippen LogP contribution in [0.25, 0.3) is 0 Å². The molecule has 2 aromatic rings. The van der Waals surface area contributed by atoms with Crippen LogP contribution in [0.4, 0.5) is 5.69 Å². The highest BCUT2D eigenvalue weighted by Crippen LogP contribution is 2.46. The van der Waals surface area contributed by atoms with Crippen LogP contribution in [0.2, 0.25) is 0 Å². The number of nitrogens with one attached hydrogen (secondary N) is 1. The summed E-state index contributed by atoms with van der Waals surface area (Å²) < 4.78 is 32.0. The lowest BCUT2D eigenvalue weighted by Crippen LogP contribution is -2.41. The number of amidine groups is 1. The molecule has 2 aliphatic rings. The van der Waals surface area contributed by atoms with Gasteiger partial charge in [0.2, 0.25) is 0 Å². The quantitative estimate of drug-likeness (QED) is 0.555. The van der Waals surface area contributed by atoms with Crippen molar-refractivity contribution in [1.29, 1.82) is 0 Å². The maximum absolute atomic E-state index is 13.0. The first-order valence-corrected chi connectivity index (χ1v) is 11.8. The van der Waals surface area contributed by atoms with Gasteiger partial charge in [0.1, 0.15) is 5.75 Å². The number of likely N-dealkylation sites (tertiary alicyclic amines) is 1. The highest BCUT2D eigenvalue weighted by atomic mass is 32.3. The summed E-state index contributed by atoms with van der Waals surface area (Å²) in [6.07, 6.45) is 4.34. The lowest BCUT2D eigenvalue weighted by molar-refractivity contribution is 0.0633. The van der Waals surface area contributed by atoms with Crippen LogP contribution >= 0.6 is 11.0 Å². The molecule has 3 heterocycles. The summed E-state index contributed by atoms with van der Waals surface area (Å²) in [6, 6.07) is 8.84. The minimum atomic E-state index is -3.34. The van der Waals surface area contributed by atoms with E-state index in [2.05, 4.69) is 14.1 Å². The summed E-state index contributed by atoms with van der Waals surface area (Å²) in [4.78, 5) is 19.1. The second-order valence-corrected chi connectivity index (χ2v) is 9.16. The van der Waals surface area contributed by atoms with E-state index in [9.17, 15) is 13.9 Å². The molecule has 0 bridgehead atoms. The number of aryl methyl sites for hydroxylation is 1. The molecule has 1 atom stereocenters. The molecule has 0 unspecified atom stereocenters. The highest BCUT2D eigenvalue weighted by Gasteiger charge is 2.28. The summed E-state index contributed by atoms with van der Waals surface area (Å²) in [5, 5.41) is 0. The average molecular weight is 446 g/mol. The first-order chi connectivity index (χ1) is 14.9. The fraction of sp³-hybridized carbons (Fsp3) is 0.381. The van der Waals surface area contributed by atoms with Gasteiger partial charge >= 0.3 is 0 Å². The normalized spacial score (nSPS) is 20.8. The maximum atomic E-state index is 13.0. The molecule has 0 spiro atoms. The van der Waals surface area contributed by atoms with E-state index in [1.54, 1.807) is 30.5 Å². The standard InChI is InChI=1S/C21H27N5O4S/c1-2-16-11-15(8-9-23-16)21(27)26-10-4-5-14(12-26)13-30-18-7-3-6-17-19(18)20(22)25-31(28,29)24-17/h3,6-9,11,14,24,28-29H,2,4-5,10,12-13H2,1H3,(H2,22,25)/t14-/m0/s1. The number of amides is 1. The Morgan fingerprint density at radius 3 is 3.03 bits per heavy atom. The van der Waals surface area contributed by atoms with Crippen molar-refractivity contribution in [3.05, 3.63) is 53.3 Å². The fourth-order valence-corrected chi connectivity index (χ4v) is 4.81. The molecule has 10 heteroatoms. The van der Waals surface area contributed by atoms with Crippen LogP contribution in [0.5, 0.6) is 5.75 Å². The molecule has 1 saturated heterocycles. The number of nitrogens with two attached hydrogens (primary N) is 1. The zero-order chi connectivity index (χ0) is 22.0. The number of nitrogens with zero attached hydrogens (tertiary/aromatic N) is 3. The van der Waals surface area contributed by atoms with E-state index in [4.69, 9.17) is 10.5 Å². The lowest BCUT2D eigenvalue weighted by atomic mass is 9.98. The molecule has 0 saturated carbocycles. The van der Waals surface area contributed by atoms with Gasteiger partial charge in [-0.05, 0) is 54.5 Å². The number of benzene rings is 1. The number of ether oxygens (including phenoxy) is 1.